The van der Waals surface area contributed by atoms with Crippen molar-refractivity contribution in [1.29, 1.82) is 0 Å². The number of amides is 2. The van der Waals surface area contributed by atoms with Crippen molar-refractivity contribution in [2.75, 3.05) is 25.0 Å². The maximum absolute atomic E-state index is 12.6. The number of carbonyl (C=O) groups is 2. The summed E-state index contributed by atoms with van der Waals surface area (Å²) in [6.07, 6.45) is 1.27. The van der Waals surface area contributed by atoms with E-state index < -0.39 is 5.92 Å². The van der Waals surface area contributed by atoms with Gasteiger partial charge in [0.15, 0.2) is 0 Å². The molecule has 2 N–H and O–H groups in total. The van der Waals surface area contributed by atoms with Crippen LogP contribution >= 0.6 is 11.6 Å². The first-order chi connectivity index (χ1) is 11.3. The highest BCUT2D eigenvalue weighted by Crippen LogP contribution is 2.28. The van der Waals surface area contributed by atoms with Crippen LogP contribution in [0.1, 0.15) is 26.7 Å². The average Bonchev–Trinajstić information content (AvgIpc) is 2.92. The third-order valence-electron chi connectivity index (χ3n) is 4.65. The summed E-state index contributed by atoms with van der Waals surface area (Å²) in [6.45, 7) is 5.24. The Hall–Kier alpha value is -1.59. The molecule has 0 aromatic heterocycles. The molecule has 1 aromatic rings. The smallest absolute Gasteiger partial charge is 0.239 e. The second kappa shape index (κ2) is 7.99. The summed E-state index contributed by atoms with van der Waals surface area (Å²) < 4.78 is 0. The molecule has 2 atom stereocenters. The molecule has 0 radical (unpaired) electrons. The number of benzene rings is 1. The maximum atomic E-state index is 12.6. The van der Waals surface area contributed by atoms with Crippen LogP contribution in [0.15, 0.2) is 24.3 Å². The first-order valence-electron chi connectivity index (χ1n) is 8.38. The SMILES string of the molecule is CC(C)C(N)CCN(C)C(=O)C1CCN(c2cccc(Cl)c2)C1=O. The molecule has 2 amide bonds. The number of rotatable bonds is 6. The molecule has 0 spiro atoms. The lowest BCUT2D eigenvalue weighted by atomic mass is 10.0. The molecule has 1 aliphatic heterocycles. The van der Waals surface area contributed by atoms with Gasteiger partial charge in [-0.05, 0) is 37.0 Å². The van der Waals surface area contributed by atoms with E-state index in [0.717, 1.165) is 12.1 Å². The van der Waals surface area contributed by atoms with Crippen molar-refractivity contribution in [3.05, 3.63) is 29.3 Å². The number of nitrogens with two attached hydrogens (primary N) is 1. The van der Waals surface area contributed by atoms with E-state index in [1.807, 2.05) is 6.07 Å². The van der Waals surface area contributed by atoms with Crippen LogP contribution in [-0.2, 0) is 9.59 Å². The Labute approximate surface area is 148 Å². The fourth-order valence-corrected chi connectivity index (χ4v) is 3.05. The van der Waals surface area contributed by atoms with Crippen molar-refractivity contribution in [2.24, 2.45) is 17.6 Å². The number of nitrogens with zero attached hydrogens (tertiary/aromatic N) is 2. The second-order valence-electron chi connectivity index (χ2n) is 6.77. The lowest BCUT2D eigenvalue weighted by Crippen LogP contribution is -2.40. The van der Waals surface area contributed by atoms with Gasteiger partial charge in [-0.1, -0.05) is 31.5 Å². The highest BCUT2D eigenvalue weighted by atomic mass is 35.5. The van der Waals surface area contributed by atoms with E-state index in [4.69, 9.17) is 17.3 Å². The minimum atomic E-state index is -0.607. The van der Waals surface area contributed by atoms with E-state index in [1.54, 1.807) is 35.0 Å². The van der Waals surface area contributed by atoms with Crippen LogP contribution in [0, 0.1) is 11.8 Å². The first-order valence-corrected chi connectivity index (χ1v) is 8.76. The summed E-state index contributed by atoms with van der Waals surface area (Å²) in [5, 5.41) is 0.579. The molecular formula is C18H26ClN3O2. The van der Waals surface area contributed by atoms with Gasteiger partial charge in [-0.15, -0.1) is 0 Å². The monoisotopic (exact) mass is 351 g/mol. The van der Waals surface area contributed by atoms with Crippen molar-refractivity contribution >= 4 is 29.1 Å². The van der Waals surface area contributed by atoms with Gasteiger partial charge in [-0.3, -0.25) is 9.59 Å². The molecule has 2 rings (SSSR count). The number of anilines is 1. The average molecular weight is 352 g/mol. The predicted octanol–water partition coefficient (Wildman–Crippen LogP) is 2.52. The van der Waals surface area contributed by atoms with Crippen LogP contribution in [-0.4, -0.2) is 42.9 Å². The van der Waals surface area contributed by atoms with Crippen molar-refractivity contribution in [3.63, 3.8) is 0 Å². The van der Waals surface area contributed by atoms with Crippen molar-refractivity contribution in [3.8, 4) is 0 Å². The minimum absolute atomic E-state index is 0.0579. The van der Waals surface area contributed by atoms with Crippen LogP contribution in [0.5, 0.6) is 0 Å². The van der Waals surface area contributed by atoms with Crippen LogP contribution in [0.2, 0.25) is 5.02 Å². The van der Waals surface area contributed by atoms with Gasteiger partial charge in [-0.2, -0.15) is 0 Å². The summed E-state index contributed by atoms with van der Waals surface area (Å²) in [5.74, 6) is -0.507. The van der Waals surface area contributed by atoms with E-state index in [2.05, 4.69) is 13.8 Å². The van der Waals surface area contributed by atoms with Crippen molar-refractivity contribution < 1.29 is 9.59 Å². The van der Waals surface area contributed by atoms with E-state index >= 15 is 0 Å². The number of halogens is 1. The number of hydrogen-bond acceptors (Lipinski definition) is 3. The Bertz CT molecular complexity index is 606. The maximum Gasteiger partial charge on any atom is 0.239 e. The molecule has 132 valence electrons. The third-order valence-corrected chi connectivity index (χ3v) is 4.89. The van der Waals surface area contributed by atoms with Gasteiger partial charge >= 0.3 is 0 Å². The van der Waals surface area contributed by atoms with Crippen LogP contribution in [0.25, 0.3) is 0 Å². The van der Waals surface area contributed by atoms with Gasteiger partial charge in [0, 0.05) is 36.9 Å². The van der Waals surface area contributed by atoms with Crippen molar-refractivity contribution in [1.82, 2.24) is 4.90 Å². The topological polar surface area (TPSA) is 66.6 Å². The van der Waals surface area contributed by atoms with E-state index in [0.29, 0.717) is 30.5 Å². The molecule has 1 aromatic carbocycles. The highest BCUT2D eigenvalue weighted by molar-refractivity contribution is 6.31. The van der Waals surface area contributed by atoms with E-state index in [1.165, 1.54) is 0 Å². The zero-order valence-electron chi connectivity index (χ0n) is 14.5. The van der Waals surface area contributed by atoms with Crippen LogP contribution in [0.3, 0.4) is 0 Å². The Morgan fingerprint density at radius 2 is 2.17 bits per heavy atom. The zero-order chi connectivity index (χ0) is 17.9. The summed E-state index contributed by atoms with van der Waals surface area (Å²) in [4.78, 5) is 28.5. The molecule has 0 aliphatic carbocycles. The molecular weight excluding hydrogens is 326 g/mol. The fraction of sp³-hybridized carbons (Fsp3) is 0.556. The molecule has 0 bridgehead atoms. The summed E-state index contributed by atoms with van der Waals surface area (Å²) in [6, 6.07) is 7.21. The molecule has 5 nitrogen and oxygen atoms in total. The van der Waals surface area contributed by atoms with E-state index in [9.17, 15) is 9.59 Å². The van der Waals surface area contributed by atoms with Gasteiger partial charge in [0.1, 0.15) is 5.92 Å². The molecule has 1 aliphatic rings. The molecule has 1 heterocycles. The second-order valence-corrected chi connectivity index (χ2v) is 7.20. The van der Waals surface area contributed by atoms with Gasteiger partial charge in [0.25, 0.3) is 0 Å². The van der Waals surface area contributed by atoms with Crippen LogP contribution < -0.4 is 10.6 Å². The molecule has 1 fully saturated rings. The van der Waals surface area contributed by atoms with Crippen LogP contribution in [0.4, 0.5) is 5.69 Å². The zero-order valence-corrected chi connectivity index (χ0v) is 15.3. The summed E-state index contributed by atoms with van der Waals surface area (Å²) in [5.41, 5.74) is 6.78. The largest absolute Gasteiger partial charge is 0.345 e. The van der Waals surface area contributed by atoms with Gasteiger partial charge in [0.2, 0.25) is 11.8 Å². The van der Waals surface area contributed by atoms with Gasteiger partial charge in [-0.25, -0.2) is 0 Å². The normalized spacial score (nSPS) is 19.0. The Balaban J connectivity index is 1.97. The quantitative estimate of drug-likeness (QED) is 0.801. The lowest BCUT2D eigenvalue weighted by molar-refractivity contribution is -0.138. The molecule has 1 saturated heterocycles. The molecule has 0 saturated carbocycles. The summed E-state index contributed by atoms with van der Waals surface area (Å²) >= 11 is 5.99. The standard InChI is InChI=1S/C18H26ClN3O2/c1-12(2)16(20)8-9-21(3)17(23)15-7-10-22(18(15)24)14-6-4-5-13(19)11-14/h4-6,11-12,15-16H,7-10,20H2,1-3H3. The summed E-state index contributed by atoms with van der Waals surface area (Å²) in [7, 11) is 1.74. The van der Waals surface area contributed by atoms with Gasteiger partial charge < -0.3 is 15.5 Å². The Morgan fingerprint density at radius 1 is 1.46 bits per heavy atom. The lowest BCUT2D eigenvalue weighted by Gasteiger charge is -2.24. The third kappa shape index (κ3) is 4.28. The Kier molecular flexibility index (Phi) is 6.24. The molecule has 6 heteroatoms. The highest BCUT2D eigenvalue weighted by Gasteiger charge is 2.39. The number of carbonyl (C=O) groups excluding carboxylic acids is 2. The fourth-order valence-electron chi connectivity index (χ4n) is 2.86. The first kappa shape index (κ1) is 18.7. The predicted molar refractivity (Wildman–Crippen MR) is 97.0 cm³/mol. The van der Waals surface area contributed by atoms with Gasteiger partial charge in [0.05, 0.1) is 0 Å². The van der Waals surface area contributed by atoms with E-state index in [-0.39, 0.29) is 17.9 Å². The number of hydrogen-bond donors (Lipinski definition) is 1. The molecule has 2 unspecified atom stereocenters. The minimum Gasteiger partial charge on any atom is -0.345 e. The van der Waals surface area contributed by atoms with Crippen molar-refractivity contribution in [2.45, 2.75) is 32.7 Å². The Morgan fingerprint density at radius 3 is 2.79 bits per heavy atom. The molecule has 24 heavy (non-hydrogen) atoms.